The van der Waals surface area contributed by atoms with Gasteiger partial charge in [0.25, 0.3) is 5.82 Å². The summed E-state index contributed by atoms with van der Waals surface area (Å²) in [5, 5.41) is 15.4. The molecule has 5 heterocycles. The van der Waals surface area contributed by atoms with Crippen LogP contribution in [0, 0.1) is 13.8 Å². The van der Waals surface area contributed by atoms with Crippen LogP contribution in [0.2, 0.25) is 0 Å². The fourth-order valence-corrected chi connectivity index (χ4v) is 3.71. The fourth-order valence-electron chi connectivity index (χ4n) is 3.71. The Labute approximate surface area is 168 Å². The zero-order valence-corrected chi connectivity index (χ0v) is 16.3. The van der Waals surface area contributed by atoms with Gasteiger partial charge in [0.05, 0.1) is 5.69 Å². The molecule has 1 aliphatic heterocycles. The Morgan fingerprint density at radius 1 is 0.800 bits per heavy atom. The summed E-state index contributed by atoms with van der Waals surface area (Å²) >= 11 is 0. The van der Waals surface area contributed by atoms with Crippen molar-refractivity contribution in [3.63, 3.8) is 0 Å². The number of hydrogen-bond acceptors (Lipinski definition) is 7. The summed E-state index contributed by atoms with van der Waals surface area (Å²) in [6, 6.07) is 7.10. The summed E-state index contributed by atoms with van der Waals surface area (Å²) in [6.45, 7) is 6.42. The summed E-state index contributed by atoms with van der Waals surface area (Å²) in [4.78, 5) is 8.66. The van der Waals surface area contributed by atoms with Crippen molar-refractivity contribution >= 4 is 22.9 Å². The molecule has 0 bridgehead atoms. The summed E-state index contributed by atoms with van der Waals surface area (Å²) < 4.78 is 42.0. The third-order valence-corrected chi connectivity index (χ3v) is 5.09. The van der Waals surface area contributed by atoms with Crippen molar-refractivity contribution in [1.82, 2.24) is 34.4 Å². The second-order valence-corrected chi connectivity index (χ2v) is 7.27. The number of rotatable bonds is 2. The first-order valence-electron chi connectivity index (χ1n) is 9.43. The third kappa shape index (κ3) is 3.08. The Morgan fingerprint density at radius 3 is 2.27 bits per heavy atom. The first-order chi connectivity index (χ1) is 14.3. The van der Waals surface area contributed by atoms with Crippen LogP contribution in [-0.2, 0) is 6.18 Å². The van der Waals surface area contributed by atoms with E-state index in [1.54, 1.807) is 6.07 Å². The van der Waals surface area contributed by atoms with E-state index in [9.17, 15) is 13.2 Å². The van der Waals surface area contributed by atoms with E-state index in [1.165, 1.54) is 6.07 Å². The number of fused-ring (bicyclic) bond motifs is 2. The van der Waals surface area contributed by atoms with Gasteiger partial charge in [0.1, 0.15) is 11.6 Å². The Morgan fingerprint density at radius 2 is 1.53 bits per heavy atom. The Balaban J connectivity index is 1.40. The van der Waals surface area contributed by atoms with Gasteiger partial charge in [0.15, 0.2) is 11.3 Å². The fraction of sp³-hybridized carbons (Fsp3) is 0.389. The van der Waals surface area contributed by atoms with Crippen molar-refractivity contribution in [2.24, 2.45) is 0 Å². The first kappa shape index (κ1) is 18.6. The molecule has 0 aliphatic carbocycles. The predicted molar refractivity (Wildman–Crippen MR) is 103 cm³/mol. The molecule has 1 aliphatic rings. The predicted octanol–water partition coefficient (Wildman–Crippen LogP) is 2.13. The highest BCUT2D eigenvalue weighted by molar-refractivity contribution is 5.53. The third-order valence-electron chi connectivity index (χ3n) is 5.09. The number of piperazine rings is 1. The maximum absolute atomic E-state index is 13.1. The number of nitrogens with zero attached hydrogens (tertiary/aromatic N) is 9. The molecule has 0 amide bonds. The van der Waals surface area contributed by atoms with Gasteiger partial charge in [0.2, 0.25) is 0 Å². The van der Waals surface area contributed by atoms with E-state index in [4.69, 9.17) is 0 Å². The maximum Gasteiger partial charge on any atom is 0.453 e. The molecule has 12 heteroatoms. The molecule has 4 aromatic rings. The zero-order valence-electron chi connectivity index (χ0n) is 16.3. The molecule has 0 saturated carbocycles. The quantitative estimate of drug-likeness (QED) is 0.494. The number of alkyl halides is 3. The lowest BCUT2D eigenvalue weighted by Crippen LogP contribution is -2.47. The minimum atomic E-state index is -4.61. The van der Waals surface area contributed by atoms with E-state index in [1.807, 2.05) is 35.4 Å². The Bertz CT molecular complexity index is 1240. The van der Waals surface area contributed by atoms with Gasteiger partial charge in [0, 0.05) is 44.0 Å². The van der Waals surface area contributed by atoms with E-state index in [0.29, 0.717) is 32.0 Å². The van der Waals surface area contributed by atoms with Crippen LogP contribution < -0.4 is 9.80 Å². The average molecular weight is 417 g/mol. The van der Waals surface area contributed by atoms with Gasteiger partial charge in [-0.2, -0.15) is 27.3 Å². The molecule has 0 N–H and O–H groups in total. The molecule has 4 aromatic heterocycles. The molecule has 30 heavy (non-hydrogen) atoms. The van der Waals surface area contributed by atoms with Crippen LogP contribution in [0.15, 0.2) is 24.3 Å². The highest BCUT2D eigenvalue weighted by Gasteiger charge is 2.38. The highest BCUT2D eigenvalue weighted by Crippen LogP contribution is 2.28. The summed E-state index contributed by atoms with van der Waals surface area (Å²) in [5.74, 6) is 0.284. The molecule has 9 nitrogen and oxygen atoms in total. The van der Waals surface area contributed by atoms with Gasteiger partial charge < -0.3 is 9.80 Å². The molecule has 0 radical (unpaired) electrons. The lowest BCUT2D eigenvalue weighted by molar-refractivity contribution is -0.146. The SMILES string of the molecule is Cc1cc(N2CCN(c3ccc4nnc(C(F)(F)F)n4n3)CC2)n2nc(C)cc2n1. The smallest absolute Gasteiger partial charge is 0.353 e. The molecule has 1 saturated heterocycles. The van der Waals surface area contributed by atoms with Crippen molar-refractivity contribution in [2.75, 3.05) is 36.0 Å². The lowest BCUT2D eigenvalue weighted by atomic mass is 10.3. The number of aryl methyl sites for hydroxylation is 2. The molecular weight excluding hydrogens is 399 g/mol. The molecule has 0 spiro atoms. The zero-order chi connectivity index (χ0) is 21.0. The van der Waals surface area contributed by atoms with E-state index in [0.717, 1.165) is 27.4 Å². The second kappa shape index (κ2) is 6.54. The summed E-state index contributed by atoms with van der Waals surface area (Å²) in [5.41, 5.74) is 2.65. The summed E-state index contributed by atoms with van der Waals surface area (Å²) in [6.07, 6.45) is -4.61. The van der Waals surface area contributed by atoms with E-state index in [-0.39, 0.29) is 5.65 Å². The first-order valence-corrected chi connectivity index (χ1v) is 9.43. The van der Waals surface area contributed by atoms with Crippen LogP contribution in [-0.4, -0.2) is 60.6 Å². The second-order valence-electron chi connectivity index (χ2n) is 7.27. The monoisotopic (exact) mass is 417 g/mol. The minimum absolute atomic E-state index is 0.0633. The molecule has 156 valence electrons. The molecule has 0 atom stereocenters. The molecule has 1 fully saturated rings. The van der Waals surface area contributed by atoms with Gasteiger partial charge in [-0.3, -0.25) is 0 Å². The Kier molecular flexibility index (Phi) is 4.05. The van der Waals surface area contributed by atoms with Crippen molar-refractivity contribution in [3.05, 3.63) is 41.5 Å². The van der Waals surface area contributed by atoms with Crippen molar-refractivity contribution in [3.8, 4) is 0 Å². The number of halogens is 3. The Hall–Kier alpha value is -3.44. The maximum atomic E-state index is 13.1. The lowest BCUT2D eigenvalue weighted by Gasteiger charge is -2.36. The topological polar surface area (TPSA) is 79.8 Å². The van der Waals surface area contributed by atoms with E-state index >= 15 is 0 Å². The van der Waals surface area contributed by atoms with Crippen molar-refractivity contribution in [2.45, 2.75) is 20.0 Å². The van der Waals surface area contributed by atoms with Gasteiger partial charge in [-0.15, -0.1) is 15.3 Å². The average Bonchev–Trinajstić information content (AvgIpc) is 3.29. The van der Waals surface area contributed by atoms with Gasteiger partial charge in [-0.1, -0.05) is 0 Å². The van der Waals surface area contributed by atoms with Crippen molar-refractivity contribution in [1.29, 1.82) is 0 Å². The standard InChI is InChI=1S/C18H18F3N9/c1-11-10-16(29-15(22-11)9-12(2)25-29)28-7-5-27(6-8-28)14-4-3-13-23-24-17(18(19,20)21)30(13)26-14/h3-4,9-10H,5-8H2,1-2H3. The molecule has 0 aromatic carbocycles. The van der Waals surface area contributed by atoms with Crippen LogP contribution in [0.3, 0.4) is 0 Å². The highest BCUT2D eigenvalue weighted by atomic mass is 19.4. The van der Waals surface area contributed by atoms with Gasteiger partial charge >= 0.3 is 6.18 Å². The van der Waals surface area contributed by atoms with Crippen LogP contribution in [0.4, 0.5) is 24.8 Å². The normalized spacial score (nSPS) is 15.5. The molecular formula is C18H18F3N9. The van der Waals surface area contributed by atoms with Crippen LogP contribution in [0.25, 0.3) is 11.3 Å². The number of hydrogen-bond donors (Lipinski definition) is 0. The minimum Gasteiger partial charge on any atom is -0.353 e. The summed E-state index contributed by atoms with van der Waals surface area (Å²) in [7, 11) is 0. The van der Waals surface area contributed by atoms with Crippen LogP contribution in [0.1, 0.15) is 17.2 Å². The number of aromatic nitrogens is 7. The number of anilines is 2. The molecule has 5 rings (SSSR count). The van der Waals surface area contributed by atoms with Crippen molar-refractivity contribution < 1.29 is 13.2 Å². The van der Waals surface area contributed by atoms with Crippen LogP contribution >= 0.6 is 0 Å². The molecule has 0 unspecified atom stereocenters. The van der Waals surface area contributed by atoms with Gasteiger partial charge in [-0.05, 0) is 26.0 Å². The van der Waals surface area contributed by atoms with Gasteiger partial charge in [-0.25, -0.2) is 4.98 Å². The van der Waals surface area contributed by atoms with Crippen LogP contribution in [0.5, 0.6) is 0 Å². The largest absolute Gasteiger partial charge is 0.453 e. The van der Waals surface area contributed by atoms with E-state index in [2.05, 4.69) is 30.3 Å². The van der Waals surface area contributed by atoms with E-state index < -0.39 is 12.0 Å².